The van der Waals surface area contributed by atoms with Gasteiger partial charge >= 0.3 is 0 Å². The molecule has 3 nitrogen and oxygen atoms in total. The molecule has 0 spiro atoms. The fourth-order valence-electron chi connectivity index (χ4n) is 3.05. The largest absolute Gasteiger partial charge is 0.316 e. The van der Waals surface area contributed by atoms with Crippen LogP contribution in [0.4, 0.5) is 0 Å². The molecule has 22 heavy (non-hydrogen) atoms. The Labute approximate surface area is 138 Å². The predicted molar refractivity (Wildman–Crippen MR) is 92.2 cm³/mol. The summed E-state index contributed by atoms with van der Waals surface area (Å²) in [7, 11) is 0. The van der Waals surface area contributed by atoms with Gasteiger partial charge < -0.3 is 5.32 Å². The van der Waals surface area contributed by atoms with E-state index in [2.05, 4.69) is 40.1 Å². The van der Waals surface area contributed by atoms with Gasteiger partial charge in [-0.1, -0.05) is 23.7 Å². The van der Waals surface area contributed by atoms with E-state index in [9.17, 15) is 0 Å². The van der Waals surface area contributed by atoms with Gasteiger partial charge in [-0.3, -0.25) is 0 Å². The van der Waals surface area contributed by atoms with Crippen LogP contribution in [0.2, 0.25) is 5.02 Å². The van der Waals surface area contributed by atoms with E-state index < -0.39 is 0 Å². The number of thiophene rings is 1. The number of rotatable bonds is 2. The molecule has 0 bridgehead atoms. The Bertz CT molecular complexity index is 792. The van der Waals surface area contributed by atoms with Crippen molar-refractivity contribution in [2.75, 3.05) is 13.1 Å². The Morgan fingerprint density at radius 2 is 2.05 bits per heavy atom. The maximum absolute atomic E-state index is 6.56. The quantitative estimate of drug-likeness (QED) is 0.771. The summed E-state index contributed by atoms with van der Waals surface area (Å²) in [6.07, 6.45) is 3.86. The molecule has 0 saturated heterocycles. The summed E-state index contributed by atoms with van der Waals surface area (Å²) in [5, 5.41) is 10.9. The normalized spacial score (nSPS) is 14.6. The first-order chi connectivity index (χ1) is 10.8. The molecule has 0 aliphatic carbocycles. The molecular formula is C17H16ClN3S. The smallest absolute Gasteiger partial charge is 0.0874 e. The summed E-state index contributed by atoms with van der Waals surface area (Å²) in [6.45, 7) is 2.00. The SMILES string of the molecule is Clc1ccc2c(c1-n1nccc1-c1cccs1)CCNCC2. The molecule has 0 atom stereocenters. The molecule has 1 aromatic carbocycles. The Kier molecular flexibility index (Phi) is 3.74. The van der Waals surface area contributed by atoms with Crippen molar-refractivity contribution >= 4 is 22.9 Å². The van der Waals surface area contributed by atoms with E-state index in [4.69, 9.17) is 11.6 Å². The number of nitrogens with zero attached hydrogens (tertiary/aromatic N) is 2. The highest BCUT2D eigenvalue weighted by Crippen LogP contribution is 2.33. The molecule has 0 saturated carbocycles. The van der Waals surface area contributed by atoms with E-state index in [0.29, 0.717) is 0 Å². The van der Waals surface area contributed by atoms with Crippen LogP contribution in [-0.2, 0) is 12.8 Å². The lowest BCUT2D eigenvalue weighted by Crippen LogP contribution is -2.16. The second-order valence-corrected chi connectivity index (χ2v) is 6.74. The molecule has 3 heterocycles. The molecule has 1 aliphatic heterocycles. The minimum absolute atomic E-state index is 0.766. The second kappa shape index (κ2) is 5.88. The topological polar surface area (TPSA) is 29.9 Å². The Morgan fingerprint density at radius 1 is 1.14 bits per heavy atom. The van der Waals surface area contributed by atoms with Crippen LogP contribution in [0, 0.1) is 0 Å². The van der Waals surface area contributed by atoms with Crippen LogP contribution < -0.4 is 5.32 Å². The molecule has 0 amide bonds. The molecule has 4 rings (SSSR count). The van der Waals surface area contributed by atoms with Crippen LogP contribution in [0.3, 0.4) is 0 Å². The van der Waals surface area contributed by atoms with Gasteiger partial charge in [0.2, 0.25) is 0 Å². The van der Waals surface area contributed by atoms with E-state index in [1.807, 2.05) is 16.9 Å². The molecular weight excluding hydrogens is 314 g/mol. The van der Waals surface area contributed by atoms with Gasteiger partial charge in [-0.25, -0.2) is 4.68 Å². The second-order valence-electron chi connectivity index (χ2n) is 5.39. The van der Waals surface area contributed by atoms with Crippen LogP contribution in [0.15, 0.2) is 41.9 Å². The first-order valence-electron chi connectivity index (χ1n) is 7.44. The third kappa shape index (κ3) is 2.37. The number of hydrogen-bond donors (Lipinski definition) is 1. The Morgan fingerprint density at radius 3 is 2.91 bits per heavy atom. The van der Waals surface area contributed by atoms with Crippen LogP contribution in [0.5, 0.6) is 0 Å². The van der Waals surface area contributed by atoms with Crippen molar-refractivity contribution in [3.63, 3.8) is 0 Å². The zero-order valence-corrected chi connectivity index (χ0v) is 13.6. The summed E-state index contributed by atoms with van der Waals surface area (Å²) < 4.78 is 2.00. The average molecular weight is 330 g/mol. The summed E-state index contributed by atoms with van der Waals surface area (Å²) in [6, 6.07) is 10.4. The highest BCUT2D eigenvalue weighted by Gasteiger charge is 2.19. The Balaban J connectivity index is 1.92. The summed E-state index contributed by atoms with van der Waals surface area (Å²) in [5.74, 6) is 0. The number of hydrogen-bond acceptors (Lipinski definition) is 3. The highest BCUT2D eigenvalue weighted by atomic mass is 35.5. The summed E-state index contributed by atoms with van der Waals surface area (Å²) in [4.78, 5) is 1.21. The summed E-state index contributed by atoms with van der Waals surface area (Å²) in [5.41, 5.74) is 4.83. The fourth-order valence-corrected chi connectivity index (χ4v) is 4.04. The lowest BCUT2D eigenvalue weighted by molar-refractivity contribution is 0.709. The Hall–Kier alpha value is -1.62. The zero-order chi connectivity index (χ0) is 14.9. The molecule has 1 aliphatic rings. The van der Waals surface area contributed by atoms with Crippen molar-refractivity contribution in [3.8, 4) is 16.3 Å². The molecule has 3 aromatic rings. The number of halogens is 1. The maximum atomic E-state index is 6.56. The number of nitrogens with one attached hydrogen (secondary N) is 1. The van der Waals surface area contributed by atoms with Gasteiger partial charge in [0.05, 0.1) is 27.5 Å². The first-order valence-corrected chi connectivity index (χ1v) is 8.69. The molecule has 0 radical (unpaired) electrons. The van der Waals surface area contributed by atoms with E-state index in [0.717, 1.165) is 42.3 Å². The molecule has 2 aromatic heterocycles. The van der Waals surface area contributed by atoms with Crippen molar-refractivity contribution in [1.82, 2.24) is 15.1 Å². The van der Waals surface area contributed by atoms with Crippen LogP contribution >= 0.6 is 22.9 Å². The predicted octanol–water partition coefficient (Wildman–Crippen LogP) is 3.94. The highest BCUT2D eigenvalue weighted by molar-refractivity contribution is 7.13. The number of fused-ring (bicyclic) bond motifs is 1. The van der Waals surface area contributed by atoms with Gasteiger partial charge in [-0.15, -0.1) is 11.3 Å². The minimum atomic E-state index is 0.766. The standard InChI is InChI=1S/C17H16ClN3S/c18-14-4-3-12-5-8-19-9-6-13(12)17(14)21-15(7-10-20-21)16-2-1-11-22-16/h1-4,7,10-11,19H,5-6,8-9H2. The van der Waals surface area contributed by atoms with Crippen LogP contribution in [0.1, 0.15) is 11.1 Å². The van der Waals surface area contributed by atoms with Crippen molar-refractivity contribution in [1.29, 1.82) is 0 Å². The first kappa shape index (κ1) is 14.0. The lowest BCUT2D eigenvalue weighted by atomic mass is 10.0. The van der Waals surface area contributed by atoms with Gasteiger partial charge in [0.15, 0.2) is 0 Å². The minimum Gasteiger partial charge on any atom is -0.316 e. The molecule has 0 fully saturated rings. The summed E-state index contributed by atoms with van der Waals surface area (Å²) >= 11 is 8.28. The van der Waals surface area contributed by atoms with E-state index >= 15 is 0 Å². The average Bonchev–Trinajstić information content (AvgIpc) is 3.14. The molecule has 0 unspecified atom stereocenters. The van der Waals surface area contributed by atoms with Crippen LogP contribution in [-0.4, -0.2) is 22.9 Å². The third-order valence-corrected chi connectivity index (χ3v) is 5.28. The van der Waals surface area contributed by atoms with Crippen molar-refractivity contribution in [2.45, 2.75) is 12.8 Å². The fraction of sp³-hybridized carbons (Fsp3) is 0.235. The third-order valence-electron chi connectivity index (χ3n) is 4.08. The number of aromatic nitrogens is 2. The van der Waals surface area contributed by atoms with Crippen LogP contribution in [0.25, 0.3) is 16.3 Å². The van der Waals surface area contributed by atoms with Gasteiger partial charge in [0.25, 0.3) is 0 Å². The van der Waals surface area contributed by atoms with Gasteiger partial charge in [-0.2, -0.15) is 5.10 Å². The number of benzene rings is 1. The van der Waals surface area contributed by atoms with Gasteiger partial charge in [0.1, 0.15) is 0 Å². The monoisotopic (exact) mass is 329 g/mol. The van der Waals surface area contributed by atoms with Crippen molar-refractivity contribution < 1.29 is 0 Å². The lowest BCUT2D eigenvalue weighted by Gasteiger charge is -2.16. The zero-order valence-electron chi connectivity index (χ0n) is 12.1. The van der Waals surface area contributed by atoms with Gasteiger partial charge in [-0.05, 0) is 60.6 Å². The van der Waals surface area contributed by atoms with Crippen molar-refractivity contribution in [2.24, 2.45) is 0 Å². The van der Waals surface area contributed by atoms with E-state index in [-0.39, 0.29) is 0 Å². The molecule has 1 N–H and O–H groups in total. The molecule has 112 valence electrons. The van der Waals surface area contributed by atoms with Crippen molar-refractivity contribution in [3.05, 3.63) is 58.1 Å². The van der Waals surface area contributed by atoms with E-state index in [1.54, 1.807) is 11.3 Å². The maximum Gasteiger partial charge on any atom is 0.0874 e. The molecule has 5 heteroatoms. The van der Waals surface area contributed by atoms with Gasteiger partial charge in [0, 0.05) is 0 Å². The van der Waals surface area contributed by atoms with E-state index in [1.165, 1.54) is 16.0 Å².